The van der Waals surface area contributed by atoms with Crippen molar-refractivity contribution in [3.8, 4) is 17.2 Å². The van der Waals surface area contributed by atoms with Gasteiger partial charge in [-0.3, -0.25) is 4.79 Å². The van der Waals surface area contributed by atoms with E-state index in [9.17, 15) is 9.90 Å². The van der Waals surface area contributed by atoms with Crippen molar-refractivity contribution >= 4 is 5.97 Å². The summed E-state index contributed by atoms with van der Waals surface area (Å²) in [5.41, 5.74) is 10.4. The third-order valence-electron chi connectivity index (χ3n) is 4.43. The van der Waals surface area contributed by atoms with Crippen LogP contribution < -0.4 is 10.5 Å². The highest BCUT2D eigenvalue weighted by molar-refractivity contribution is 5.75. The maximum atomic E-state index is 11.5. The van der Waals surface area contributed by atoms with Crippen LogP contribution in [-0.2, 0) is 22.4 Å². The van der Waals surface area contributed by atoms with Crippen LogP contribution in [0.2, 0.25) is 0 Å². The molecule has 0 bridgehead atoms. The van der Waals surface area contributed by atoms with E-state index in [1.54, 1.807) is 0 Å². The Hall–Kier alpha value is -2.53. The van der Waals surface area contributed by atoms with Gasteiger partial charge in [-0.15, -0.1) is 0 Å². The second kappa shape index (κ2) is 10.7. The van der Waals surface area contributed by atoms with E-state index >= 15 is 0 Å². The van der Waals surface area contributed by atoms with Crippen molar-refractivity contribution in [2.45, 2.75) is 60.4 Å². The smallest absolute Gasteiger partial charge is 0.322 e. The Labute approximate surface area is 168 Å². The fraction of sp³-hybridized carbons (Fsp3) is 0.435. The summed E-state index contributed by atoms with van der Waals surface area (Å²) in [6, 6.07) is 6.95. The highest BCUT2D eigenvalue weighted by Crippen LogP contribution is 2.34. The molecular formula is C23H33NO4. The van der Waals surface area contributed by atoms with E-state index in [1.165, 1.54) is 7.11 Å². The molecule has 28 heavy (non-hydrogen) atoms. The van der Waals surface area contributed by atoms with Crippen LogP contribution >= 0.6 is 0 Å². The van der Waals surface area contributed by atoms with Gasteiger partial charge < -0.3 is 20.3 Å². The number of methoxy groups -OCH3 is 1. The number of benzene rings is 2. The molecule has 0 heterocycles. The molecule has 0 amide bonds. The lowest BCUT2D eigenvalue weighted by atomic mass is 10.0. The van der Waals surface area contributed by atoms with Crippen molar-refractivity contribution < 1.29 is 19.4 Å². The van der Waals surface area contributed by atoms with Crippen molar-refractivity contribution in [1.82, 2.24) is 0 Å². The Morgan fingerprint density at radius 2 is 1.64 bits per heavy atom. The molecule has 1 atom stereocenters. The van der Waals surface area contributed by atoms with Crippen molar-refractivity contribution in [1.29, 1.82) is 0 Å². The van der Waals surface area contributed by atoms with Gasteiger partial charge in [0, 0.05) is 0 Å². The summed E-state index contributed by atoms with van der Waals surface area (Å²) in [6.45, 7) is 11.8. The maximum absolute atomic E-state index is 11.5. The number of ether oxygens (including phenoxy) is 2. The number of phenolic OH excluding ortho intramolecular Hbond substituents is 1. The monoisotopic (exact) mass is 387 g/mol. The molecule has 154 valence electrons. The standard InChI is InChI=1S/C21H27NO4.C2H6/c1-6-16-11-17(9-12(2)19(16)23)26-20-13(3)7-15(8-14(20)4)10-18(22)21(24)25-5;1-2/h7-9,11,18,23H,6,10,22H2,1-5H3;1-2H3. The second-order valence-corrected chi connectivity index (χ2v) is 6.60. The molecule has 5 nitrogen and oxygen atoms in total. The van der Waals surface area contributed by atoms with Gasteiger partial charge in [-0.25, -0.2) is 0 Å². The molecule has 3 N–H and O–H groups in total. The van der Waals surface area contributed by atoms with E-state index in [2.05, 4.69) is 4.74 Å². The summed E-state index contributed by atoms with van der Waals surface area (Å²) in [4.78, 5) is 11.5. The Balaban J connectivity index is 0.00000190. The van der Waals surface area contributed by atoms with Gasteiger partial charge >= 0.3 is 5.97 Å². The summed E-state index contributed by atoms with van der Waals surface area (Å²) >= 11 is 0. The zero-order chi connectivity index (χ0) is 21.4. The SMILES string of the molecule is CC.CCc1cc(Oc2c(C)cc(CC(N)C(=O)OC)cc2C)cc(C)c1O. The predicted molar refractivity (Wildman–Crippen MR) is 113 cm³/mol. The molecule has 2 aromatic rings. The molecule has 0 aromatic heterocycles. The first-order chi connectivity index (χ1) is 13.3. The van der Waals surface area contributed by atoms with E-state index in [-0.39, 0.29) is 0 Å². The first-order valence-corrected chi connectivity index (χ1v) is 9.70. The minimum atomic E-state index is -0.683. The fourth-order valence-corrected chi connectivity index (χ4v) is 3.07. The summed E-state index contributed by atoms with van der Waals surface area (Å²) < 4.78 is 10.8. The molecule has 0 radical (unpaired) electrons. The van der Waals surface area contributed by atoms with Crippen molar-refractivity contribution in [3.05, 3.63) is 52.1 Å². The predicted octanol–water partition coefficient (Wildman–Crippen LogP) is 4.74. The molecule has 2 rings (SSSR count). The first kappa shape index (κ1) is 23.5. The number of nitrogens with two attached hydrogens (primary N) is 1. The van der Waals surface area contributed by atoms with E-state index in [0.717, 1.165) is 40.0 Å². The molecule has 2 aromatic carbocycles. The summed E-state index contributed by atoms with van der Waals surface area (Å²) in [5, 5.41) is 10.1. The minimum Gasteiger partial charge on any atom is -0.507 e. The molecule has 0 aliphatic heterocycles. The number of carbonyl (C=O) groups excluding carboxylic acids is 1. The number of aryl methyl sites for hydroxylation is 4. The minimum absolute atomic E-state index is 0.320. The molecular weight excluding hydrogens is 354 g/mol. The largest absolute Gasteiger partial charge is 0.507 e. The Bertz CT molecular complexity index is 791. The zero-order valence-electron chi connectivity index (χ0n) is 18.1. The van der Waals surface area contributed by atoms with Crippen LogP contribution in [0.5, 0.6) is 17.2 Å². The van der Waals surface area contributed by atoms with Crippen LogP contribution in [0.4, 0.5) is 0 Å². The van der Waals surface area contributed by atoms with Crippen LogP contribution in [0.3, 0.4) is 0 Å². The molecule has 1 unspecified atom stereocenters. The first-order valence-electron chi connectivity index (χ1n) is 9.70. The molecule has 0 aliphatic rings. The highest BCUT2D eigenvalue weighted by atomic mass is 16.5. The van der Waals surface area contributed by atoms with E-state index in [0.29, 0.717) is 17.9 Å². The molecule has 0 fully saturated rings. The van der Waals surface area contributed by atoms with E-state index < -0.39 is 12.0 Å². The lowest BCUT2D eigenvalue weighted by Gasteiger charge is -2.17. The van der Waals surface area contributed by atoms with Gasteiger partial charge in [0.05, 0.1) is 7.11 Å². The third kappa shape index (κ3) is 5.73. The molecule has 5 heteroatoms. The average Bonchev–Trinajstić information content (AvgIpc) is 2.68. The highest BCUT2D eigenvalue weighted by Gasteiger charge is 2.16. The fourth-order valence-electron chi connectivity index (χ4n) is 3.07. The number of esters is 1. The number of hydrogen-bond acceptors (Lipinski definition) is 5. The van der Waals surface area contributed by atoms with Crippen LogP contribution in [-0.4, -0.2) is 24.2 Å². The molecule has 0 aliphatic carbocycles. The number of rotatable bonds is 6. The number of aromatic hydroxyl groups is 1. The maximum Gasteiger partial charge on any atom is 0.322 e. The summed E-state index contributed by atoms with van der Waals surface area (Å²) in [7, 11) is 1.33. The lowest BCUT2D eigenvalue weighted by Crippen LogP contribution is -2.33. The number of phenols is 1. The van der Waals surface area contributed by atoms with Gasteiger partial charge in [-0.2, -0.15) is 0 Å². The lowest BCUT2D eigenvalue weighted by molar-refractivity contribution is -0.142. The molecule has 0 saturated carbocycles. The topological polar surface area (TPSA) is 81.8 Å². The normalized spacial score (nSPS) is 11.3. The van der Waals surface area contributed by atoms with Crippen LogP contribution in [0.15, 0.2) is 24.3 Å². The van der Waals surface area contributed by atoms with Gasteiger partial charge in [0.2, 0.25) is 0 Å². The average molecular weight is 388 g/mol. The van der Waals surface area contributed by atoms with Gasteiger partial charge in [-0.05, 0) is 73.6 Å². The second-order valence-electron chi connectivity index (χ2n) is 6.60. The summed E-state index contributed by atoms with van der Waals surface area (Å²) in [5.74, 6) is 1.36. The Morgan fingerprint density at radius 3 is 2.14 bits per heavy atom. The Morgan fingerprint density at radius 1 is 1.07 bits per heavy atom. The van der Waals surface area contributed by atoms with Gasteiger partial charge in [-0.1, -0.05) is 32.9 Å². The molecule has 0 spiro atoms. The number of carbonyl (C=O) groups is 1. The van der Waals surface area contributed by atoms with Crippen molar-refractivity contribution in [2.24, 2.45) is 5.73 Å². The van der Waals surface area contributed by atoms with Gasteiger partial charge in [0.1, 0.15) is 23.3 Å². The summed E-state index contributed by atoms with van der Waals surface area (Å²) in [6.07, 6.45) is 1.14. The van der Waals surface area contributed by atoms with Crippen LogP contribution in [0.25, 0.3) is 0 Å². The van der Waals surface area contributed by atoms with Crippen LogP contribution in [0.1, 0.15) is 48.6 Å². The Kier molecular flexibility index (Phi) is 9.00. The van der Waals surface area contributed by atoms with E-state index in [1.807, 2.05) is 65.8 Å². The van der Waals surface area contributed by atoms with Gasteiger partial charge in [0.25, 0.3) is 0 Å². The molecule has 0 saturated heterocycles. The quantitative estimate of drug-likeness (QED) is 0.700. The van der Waals surface area contributed by atoms with Gasteiger partial charge in [0.15, 0.2) is 0 Å². The third-order valence-corrected chi connectivity index (χ3v) is 4.43. The number of hydrogen-bond donors (Lipinski definition) is 2. The zero-order valence-corrected chi connectivity index (χ0v) is 18.1. The van der Waals surface area contributed by atoms with E-state index in [4.69, 9.17) is 10.5 Å². The van der Waals surface area contributed by atoms with Crippen molar-refractivity contribution in [3.63, 3.8) is 0 Å². The van der Waals surface area contributed by atoms with Crippen molar-refractivity contribution in [2.75, 3.05) is 7.11 Å². The van der Waals surface area contributed by atoms with Crippen LogP contribution in [0, 0.1) is 20.8 Å².